The van der Waals surface area contributed by atoms with E-state index in [4.69, 9.17) is 13.8 Å². The first-order valence-electron chi connectivity index (χ1n) is 8.64. The number of carbonyl (C=O) groups excluding carboxylic acids is 1. The minimum atomic E-state index is -0.273. The molecule has 3 aromatic heterocycles. The molecule has 0 bridgehead atoms. The molecule has 1 amide bonds. The molecule has 144 valence electrons. The maximum Gasteiger partial charge on any atom is 0.276 e. The summed E-state index contributed by atoms with van der Waals surface area (Å²) in [5, 5.41) is 8.74. The van der Waals surface area contributed by atoms with Gasteiger partial charge in [0.05, 0.1) is 21.3 Å². The Balaban J connectivity index is 1.41. The van der Waals surface area contributed by atoms with Crippen LogP contribution in [0.15, 0.2) is 45.6 Å². The van der Waals surface area contributed by atoms with Crippen LogP contribution in [0.3, 0.4) is 0 Å². The van der Waals surface area contributed by atoms with Crippen molar-refractivity contribution < 1.29 is 18.6 Å². The van der Waals surface area contributed by atoms with Gasteiger partial charge in [-0.25, -0.2) is 4.98 Å². The van der Waals surface area contributed by atoms with Crippen molar-refractivity contribution in [2.24, 2.45) is 0 Å². The first-order chi connectivity index (χ1) is 13.5. The van der Waals surface area contributed by atoms with Crippen molar-refractivity contribution >= 4 is 27.5 Å². The van der Waals surface area contributed by atoms with Crippen LogP contribution in [-0.2, 0) is 6.61 Å². The zero-order valence-electron chi connectivity index (χ0n) is 15.6. The Hall–Kier alpha value is -3.20. The highest BCUT2D eigenvalue weighted by atomic mass is 32.1. The third-order valence-electron chi connectivity index (χ3n) is 4.41. The lowest BCUT2D eigenvalue weighted by Gasteiger charge is -2.21. The van der Waals surface area contributed by atoms with Crippen LogP contribution < -0.4 is 4.74 Å². The fraction of sp³-hybridized carbons (Fsp3) is 0.263. The van der Waals surface area contributed by atoms with Gasteiger partial charge < -0.3 is 18.7 Å². The molecule has 28 heavy (non-hydrogen) atoms. The van der Waals surface area contributed by atoms with E-state index in [1.165, 1.54) is 11.2 Å². The molecule has 1 aromatic carbocycles. The Labute approximate surface area is 164 Å². The minimum Gasteiger partial charge on any atom is -0.485 e. The lowest BCUT2D eigenvalue weighted by molar-refractivity contribution is 0.0727. The number of rotatable bonds is 6. The van der Waals surface area contributed by atoms with E-state index in [0.717, 1.165) is 15.2 Å². The quantitative estimate of drug-likeness (QED) is 0.484. The monoisotopic (exact) mass is 398 g/mol. The van der Waals surface area contributed by atoms with E-state index in [1.54, 1.807) is 30.5 Å². The normalized spacial score (nSPS) is 12.2. The van der Waals surface area contributed by atoms with Gasteiger partial charge in [0.15, 0.2) is 11.5 Å². The number of carbonyl (C=O) groups is 1. The van der Waals surface area contributed by atoms with Crippen molar-refractivity contribution in [3.63, 3.8) is 0 Å². The van der Waals surface area contributed by atoms with Crippen molar-refractivity contribution in [1.29, 1.82) is 0 Å². The van der Waals surface area contributed by atoms with E-state index < -0.39 is 0 Å². The summed E-state index contributed by atoms with van der Waals surface area (Å²) in [5.74, 6) is 0.865. The summed E-state index contributed by atoms with van der Waals surface area (Å²) in [4.78, 5) is 18.6. The number of fused-ring (bicyclic) bond motifs is 1. The highest BCUT2D eigenvalue weighted by Gasteiger charge is 2.23. The summed E-state index contributed by atoms with van der Waals surface area (Å²) in [6, 6.07) is 8.79. The van der Waals surface area contributed by atoms with Crippen molar-refractivity contribution in [1.82, 2.24) is 20.2 Å². The Morgan fingerprint density at radius 2 is 2.14 bits per heavy atom. The van der Waals surface area contributed by atoms with Crippen LogP contribution in [0.25, 0.3) is 10.2 Å². The standard InChI is InChI=1S/C19H18N4O4S/c1-11(15-6-7-26-21-15)23(3)19(24)17-9-14(27-22-17)10-25-13-4-5-18-16(8-13)20-12(2)28-18/h4-9,11H,10H2,1-3H3/t11-/m0/s1. The van der Waals surface area contributed by atoms with Gasteiger partial charge in [-0.15, -0.1) is 11.3 Å². The third kappa shape index (κ3) is 3.61. The lowest BCUT2D eigenvalue weighted by Crippen LogP contribution is -2.30. The molecule has 0 aliphatic carbocycles. The number of thiazole rings is 1. The minimum absolute atomic E-state index is 0.164. The first-order valence-corrected chi connectivity index (χ1v) is 9.46. The predicted molar refractivity (Wildman–Crippen MR) is 102 cm³/mol. The van der Waals surface area contributed by atoms with Gasteiger partial charge in [0, 0.05) is 25.2 Å². The average Bonchev–Trinajstić information content (AvgIpc) is 3.43. The summed E-state index contributed by atoms with van der Waals surface area (Å²) in [7, 11) is 1.68. The van der Waals surface area contributed by atoms with Gasteiger partial charge in [-0.05, 0) is 26.0 Å². The molecule has 0 aliphatic heterocycles. The van der Waals surface area contributed by atoms with Crippen molar-refractivity contribution in [3.8, 4) is 5.75 Å². The first kappa shape index (κ1) is 18.2. The van der Waals surface area contributed by atoms with E-state index in [0.29, 0.717) is 17.2 Å². The summed E-state index contributed by atoms with van der Waals surface area (Å²) >= 11 is 1.64. The molecule has 0 radical (unpaired) electrons. The lowest BCUT2D eigenvalue weighted by atomic mass is 10.2. The molecule has 4 aromatic rings. The fourth-order valence-corrected chi connectivity index (χ4v) is 3.55. The number of amides is 1. The van der Waals surface area contributed by atoms with Crippen LogP contribution in [-0.4, -0.2) is 33.2 Å². The highest BCUT2D eigenvalue weighted by Crippen LogP contribution is 2.26. The SMILES string of the molecule is Cc1nc2cc(OCc3cc(C(=O)N(C)[C@@H](C)c4ccon4)no3)ccc2s1. The van der Waals surface area contributed by atoms with Gasteiger partial charge in [0.25, 0.3) is 5.91 Å². The van der Waals surface area contributed by atoms with E-state index in [2.05, 4.69) is 15.3 Å². The third-order valence-corrected chi connectivity index (χ3v) is 5.36. The van der Waals surface area contributed by atoms with E-state index in [9.17, 15) is 4.79 Å². The molecule has 0 aliphatic rings. The molecule has 9 heteroatoms. The zero-order chi connectivity index (χ0) is 19.7. The van der Waals surface area contributed by atoms with Crippen molar-refractivity contribution in [2.45, 2.75) is 26.5 Å². The molecule has 0 N–H and O–H groups in total. The molecule has 0 unspecified atom stereocenters. The molecule has 1 atom stereocenters. The molecule has 0 saturated heterocycles. The van der Waals surface area contributed by atoms with Crippen LogP contribution in [0.4, 0.5) is 0 Å². The van der Waals surface area contributed by atoms with Crippen molar-refractivity contribution in [2.75, 3.05) is 7.05 Å². The summed E-state index contributed by atoms with van der Waals surface area (Å²) < 4.78 is 17.0. The summed E-state index contributed by atoms with van der Waals surface area (Å²) in [6.07, 6.45) is 1.47. The second-order valence-electron chi connectivity index (χ2n) is 6.35. The van der Waals surface area contributed by atoms with E-state index in [-0.39, 0.29) is 24.2 Å². The van der Waals surface area contributed by atoms with Gasteiger partial charge >= 0.3 is 0 Å². The smallest absolute Gasteiger partial charge is 0.276 e. The molecule has 0 fully saturated rings. The van der Waals surface area contributed by atoms with Gasteiger partial charge in [-0.2, -0.15) is 0 Å². The van der Waals surface area contributed by atoms with Gasteiger partial charge in [-0.3, -0.25) is 4.79 Å². The number of aromatic nitrogens is 3. The van der Waals surface area contributed by atoms with Crippen LogP contribution >= 0.6 is 11.3 Å². The number of hydrogen-bond donors (Lipinski definition) is 0. The van der Waals surface area contributed by atoms with Gasteiger partial charge in [0.1, 0.15) is 24.3 Å². The van der Waals surface area contributed by atoms with Crippen LogP contribution in [0.5, 0.6) is 5.75 Å². The highest BCUT2D eigenvalue weighted by molar-refractivity contribution is 7.18. The fourth-order valence-electron chi connectivity index (χ4n) is 2.74. The molecular formula is C19H18N4O4S. The second kappa shape index (κ2) is 7.43. The maximum absolute atomic E-state index is 12.6. The predicted octanol–water partition coefficient (Wildman–Crippen LogP) is 3.99. The average molecular weight is 398 g/mol. The topological polar surface area (TPSA) is 94.5 Å². The number of ether oxygens (including phenoxy) is 1. The van der Waals surface area contributed by atoms with Crippen LogP contribution in [0.1, 0.15) is 39.9 Å². The van der Waals surface area contributed by atoms with E-state index in [1.807, 2.05) is 32.0 Å². The Bertz CT molecular complexity index is 1100. The second-order valence-corrected chi connectivity index (χ2v) is 7.58. The van der Waals surface area contributed by atoms with Crippen molar-refractivity contribution in [3.05, 3.63) is 58.8 Å². The molecule has 3 heterocycles. The largest absolute Gasteiger partial charge is 0.485 e. The molecular weight excluding hydrogens is 380 g/mol. The summed E-state index contributed by atoms with van der Waals surface area (Å²) in [5.41, 5.74) is 1.77. The zero-order valence-corrected chi connectivity index (χ0v) is 16.4. The number of nitrogens with zero attached hydrogens (tertiary/aromatic N) is 4. The number of hydrogen-bond acceptors (Lipinski definition) is 8. The Morgan fingerprint density at radius 3 is 2.93 bits per heavy atom. The summed E-state index contributed by atoms with van der Waals surface area (Å²) in [6.45, 7) is 3.99. The van der Waals surface area contributed by atoms with Gasteiger partial charge in [0.2, 0.25) is 0 Å². The molecule has 0 spiro atoms. The van der Waals surface area contributed by atoms with E-state index >= 15 is 0 Å². The van der Waals surface area contributed by atoms with Gasteiger partial charge in [-0.1, -0.05) is 10.3 Å². The molecule has 8 nitrogen and oxygen atoms in total. The van der Waals surface area contributed by atoms with Crippen LogP contribution in [0.2, 0.25) is 0 Å². The number of benzene rings is 1. The Kier molecular flexibility index (Phi) is 4.82. The number of aryl methyl sites for hydroxylation is 1. The Morgan fingerprint density at radius 1 is 1.29 bits per heavy atom. The maximum atomic E-state index is 12.6. The van der Waals surface area contributed by atoms with Crippen LogP contribution in [0, 0.1) is 6.92 Å². The molecule has 4 rings (SSSR count). The molecule has 0 saturated carbocycles.